The van der Waals surface area contributed by atoms with Gasteiger partial charge in [0, 0.05) is 19.0 Å². The van der Waals surface area contributed by atoms with E-state index in [0.29, 0.717) is 24.0 Å². The molecule has 0 aromatic carbocycles. The summed E-state index contributed by atoms with van der Waals surface area (Å²) >= 11 is 0. The minimum atomic E-state index is 0.179. The van der Waals surface area contributed by atoms with Gasteiger partial charge in [-0.15, -0.1) is 0 Å². The van der Waals surface area contributed by atoms with E-state index in [4.69, 9.17) is 4.74 Å². The normalized spacial score (nSPS) is 35.9. The number of carbonyl (C=O) groups excluding carboxylic acids is 1. The van der Waals surface area contributed by atoms with Gasteiger partial charge in [0.15, 0.2) is 0 Å². The van der Waals surface area contributed by atoms with Crippen LogP contribution in [0.15, 0.2) is 0 Å². The van der Waals surface area contributed by atoms with Crippen molar-refractivity contribution in [3.8, 4) is 0 Å². The number of hydrogen-bond donors (Lipinski definition) is 1. The van der Waals surface area contributed by atoms with Crippen LogP contribution >= 0.6 is 0 Å². The van der Waals surface area contributed by atoms with Gasteiger partial charge < -0.3 is 15.0 Å². The average Bonchev–Trinajstić information content (AvgIpc) is 2.54. The first kappa shape index (κ1) is 10.5. The number of hydrogen-bond acceptors (Lipinski definition) is 3. The monoisotopic (exact) mass is 224 g/mol. The molecule has 0 radical (unpaired) electrons. The van der Waals surface area contributed by atoms with E-state index in [9.17, 15) is 4.79 Å². The Morgan fingerprint density at radius 3 is 2.44 bits per heavy atom. The van der Waals surface area contributed by atoms with Crippen LogP contribution in [0, 0.1) is 11.8 Å². The lowest BCUT2D eigenvalue weighted by atomic mass is 9.88. The van der Waals surface area contributed by atoms with Crippen molar-refractivity contribution in [2.75, 3.05) is 26.2 Å². The van der Waals surface area contributed by atoms with E-state index in [-0.39, 0.29) is 5.92 Å². The summed E-state index contributed by atoms with van der Waals surface area (Å²) in [6, 6.07) is 0. The van der Waals surface area contributed by atoms with E-state index in [1.54, 1.807) is 0 Å². The van der Waals surface area contributed by atoms with Crippen LogP contribution in [0.1, 0.15) is 19.8 Å². The van der Waals surface area contributed by atoms with E-state index in [1.807, 2.05) is 4.90 Å². The van der Waals surface area contributed by atoms with Gasteiger partial charge in [-0.2, -0.15) is 0 Å². The molecule has 3 heterocycles. The molecule has 0 aliphatic carbocycles. The second kappa shape index (κ2) is 4.00. The molecule has 0 saturated carbocycles. The Balaban J connectivity index is 1.61. The fourth-order valence-electron chi connectivity index (χ4n) is 2.95. The fourth-order valence-corrected chi connectivity index (χ4v) is 2.95. The number of nitrogens with zero attached hydrogens (tertiary/aromatic N) is 1. The second-order valence-corrected chi connectivity index (χ2v) is 5.41. The SMILES string of the molecule is CC(C(=O)N1CC2CCC(C1)O2)C1CNC1. The summed E-state index contributed by atoms with van der Waals surface area (Å²) < 4.78 is 5.75. The van der Waals surface area contributed by atoms with Crippen LogP contribution in [0.25, 0.3) is 0 Å². The maximum absolute atomic E-state index is 12.3. The maximum Gasteiger partial charge on any atom is 0.225 e. The number of likely N-dealkylation sites (tertiary alicyclic amines) is 1. The fraction of sp³-hybridized carbons (Fsp3) is 0.917. The maximum atomic E-state index is 12.3. The highest BCUT2D eigenvalue weighted by Gasteiger charge is 2.39. The van der Waals surface area contributed by atoms with Gasteiger partial charge in [0.25, 0.3) is 0 Å². The van der Waals surface area contributed by atoms with Gasteiger partial charge in [0.2, 0.25) is 5.91 Å². The number of nitrogens with one attached hydrogen (secondary N) is 1. The average molecular weight is 224 g/mol. The minimum absolute atomic E-state index is 0.179. The van der Waals surface area contributed by atoms with Crippen LogP contribution in [-0.2, 0) is 9.53 Å². The predicted octanol–water partition coefficient (Wildman–Crippen LogP) is 0.232. The zero-order valence-electron chi connectivity index (χ0n) is 9.82. The molecule has 16 heavy (non-hydrogen) atoms. The Morgan fingerprint density at radius 2 is 1.94 bits per heavy atom. The Morgan fingerprint density at radius 1 is 1.31 bits per heavy atom. The molecule has 2 bridgehead atoms. The third-order valence-electron chi connectivity index (χ3n) is 4.26. The molecular formula is C12H20N2O2. The number of carbonyl (C=O) groups is 1. The molecule has 3 atom stereocenters. The highest BCUT2D eigenvalue weighted by Crippen LogP contribution is 2.28. The van der Waals surface area contributed by atoms with Gasteiger partial charge >= 0.3 is 0 Å². The molecule has 3 saturated heterocycles. The molecule has 3 unspecified atom stereocenters. The van der Waals surface area contributed by atoms with Crippen molar-refractivity contribution in [1.29, 1.82) is 0 Å². The molecular weight excluding hydrogens is 204 g/mol. The van der Waals surface area contributed by atoms with Crippen LogP contribution in [-0.4, -0.2) is 49.2 Å². The number of amides is 1. The third kappa shape index (κ3) is 1.74. The van der Waals surface area contributed by atoms with Crippen molar-refractivity contribution in [2.24, 2.45) is 11.8 Å². The molecule has 1 N–H and O–H groups in total. The Kier molecular flexibility index (Phi) is 2.64. The van der Waals surface area contributed by atoms with E-state index in [0.717, 1.165) is 39.0 Å². The van der Waals surface area contributed by atoms with Crippen molar-refractivity contribution >= 4 is 5.91 Å². The van der Waals surface area contributed by atoms with Gasteiger partial charge in [-0.1, -0.05) is 6.92 Å². The van der Waals surface area contributed by atoms with Crippen molar-refractivity contribution < 1.29 is 9.53 Å². The number of fused-ring (bicyclic) bond motifs is 2. The van der Waals surface area contributed by atoms with E-state index in [1.165, 1.54) is 0 Å². The molecule has 3 aliphatic rings. The molecule has 3 rings (SSSR count). The smallest absolute Gasteiger partial charge is 0.225 e. The van der Waals surface area contributed by atoms with E-state index in [2.05, 4.69) is 12.2 Å². The van der Waals surface area contributed by atoms with Gasteiger partial charge in [0.05, 0.1) is 12.2 Å². The highest BCUT2D eigenvalue weighted by molar-refractivity contribution is 5.79. The van der Waals surface area contributed by atoms with Crippen LogP contribution in [0.2, 0.25) is 0 Å². The molecule has 3 aliphatic heterocycles. The quantitative estimate of drug-likeness (QED) is 0.730. The van der Waals surface area contributed by atoms with Crippen LogP contribution in [0.5, 0.6) is 0 Å². The first-order valence-corrected chi connectivity index (χ1v) is 6.39. The van der Waals surface area contributed by atoms with Crippen molar-refractivity contribution in [1.82, 2.24) is 10.2 Å². The summed E-state index contributed by atoms with van der Waals surface area (Å²) in [5.41, 5.74) is 0. The summed E-state index contributed by atoms with van der Waals surface area (Å²) in [5, 5.41) is 3.23. The van der Waals surface area contributed by atoms with Gasteiger partial charge in [-0.3, -0.25) is 4.79 Å². The van der Waals surface area contributed by atoms with Gasteiger partial charge in [-0.05, 0) is 31.8 Å². The van der Waals surface area contributed by atoms with E-state index >= 15 is 0 Å². The largest absolute Gasteiger partial charge is 0.371 e. The van der Waals surface area contributed by atoms with Crippen LogP contribution < -0.4 is 5.32 Å². The summed E-state index contributed by atoms with van der Waals surface area (Å²) in [6.07, 6.45) is 2.89. The molecule has 90 valence electrons. The van der Waals surface area contributed by atoms with Crippen molar-refractivity contribution in [3.63, 3.8) is 0 Å². The first-order valence-electron chi connectivity index (χ1n) is 6.39. The summed E-state index contributed by atoms with van der Waals surface area (Å²) in [7, 11) is 0. The topological polar surface area (TPSA) is 41.6 Å². The summed E-state index contributed by atoms with van der Waals surface area (Å²) in [4.78, 5) is 14.3. The predicted molar refractivity (Wildman–Crippen MR) is 60.0 cm³/mol. The first-order chi connectivity index (χ1) is 7.74. The Labute approximate surface area is 96.3 Å². The lowest BCUT2D eigenvalue weighted by Gasteiger charge is -2.38. The van der Waals surface area contributed by atoms with Gasteiger partial charge in [0.1, 0.15) is 0 Å². The molecule has 0 aromatic rings. The minimum Gasteiger partial charge on any atom is -0.371 e. The zero-order valence-corrected chi connectivity index (χ0v) is 9.82. The Hall–Kier alpha value is -0.610. The number of ether oxygens (including phenoxy) is 1. The standard InChI is InChI=1S/C12H20N2O2/c1-8(9-4-13-5-9)12(15)14-6-10-2-3-11(7-14)16-10/h8-11,13H,2-7H2,1H3. The summed E-state index contributed by atoms with van der Waals surface area (Å²) in [6.45, 7) is 5.72. The number of morpholine rings is 1. The molecule has 4 heteroatoms. The highest BCUT2D eigenvalue weighted by atomic mass is 16.5. The zero-order chi connectivity index (χ0) is 11.1. The van der Waals surface area contributed by atoms with E-state index < -0.39 is 0 Å². The molecule has 4 nitrogen and oxygen atoms in total. The molecule has 1 amide bonds. The van der Waals surface area contributed by atoms with Gasteiger partial charge in [-0.25, -0.2) is 0 Å². The van der Waals surface area contributed by atoms with Crippen molar-refractivity contribution in [3.05, 3.63) is 0 Å². The lowest BCUT2D eigenvalue weighted by molar-refractivity contribution is -0.146. The van der Waals surface area contributed by atoms with Crippen LogP contribution in [0.4, 0.5) is 0 Å². The van der Waals surface area contributed by atoms with Crippen molar-refractivity contribution in [2.45, 2.75) is 32.0 Å². The number of rotatable bonds is 2. The van der Waals surface area contributed by atoms with Crippen LogP contribution in [0.3, 0.4) is 0 Å². The Bertz CT molecular complexity index is 279. The second-order valence-electron chi connectivity index (χ2n) is 5.41. The molecule has 0 aromatic heterocycles. The lowest BCUT2D eigenvalue weighted by Crippen LogP contribution is -2.53. The third-order valence-corrected chi connectivity index (χ3v) is 4.26. The molecule has 3 fully saturated rings. The molecule has 0 spiro atoms. The summed E-state index contributed by atoms with van der Waals surface area (Å²) in [5.74, 6) is 1.07.